The summed E-state index contributed by atoms with van der Waals surface area (Å²) in [5.74, 6) is -0.509. The summed E-state index contributed by atoms with van der Waals surface area (Å²) < 4.78 is 28.4. The van der Waals surface area contributed by atoms with E-state index in [9.17, 15) is 50.4 Å². The van der Waals surface area contributed by atoms with Gasteiger partial charge in [0.1, 0.15) is 49.0 Å². The average molecular weight is 725 g/mol. The van der Waals surface area contributed by atoms with Crippen LogP contribution in [0.1, 0.15) is 83.1 Å². The van der Waals surface area contributed by atoms with Gasteiger partial charge in [0.25, 0.3) is 0 Å². The van der Waals surface area contributed by atoms with Crippen molar-refractivity contribution in [3.63, 3.8) is 0 Å². The largest absolute Gasteiger partial charge is 0.431 e. The number of hydrogen-bond donors (Lipinski definition) is 8. The lowest BCUT2D eigenvalue weighted by Crippen LogP contribution is -2.69. The Morgan fingerprint density at radius 2 is 1.55 bits per heavy atom. The number of aldehydes is 1. The van der Waals surface area contributed by atoms with Crippen LogP contribution in [0, 0.1) is 22.7 Å². The minimum Gasteiger partial charge on any atom is -0.431 e. The van der Waals surface area contributed by atoms with Crippen molar-refractivity contribution >= 4 is 6.29 Å². The second kappa shape index (κ2) is 13.5. The molecule has 286 valence electrons. The van der Waals surface area contributed by atoms with E-state index in [4.69, 9.17) is 23.4 Å². The van der Waals surface area contributed by atoms with E-state index in [1.54, 1.807) is 13.0 Å². The third-order valence-electron chi connectivity index (χ3n) is 14.1. The maximum atomic E-state index is 13.2. The number of ether oxygens (including phenoxy) is 4. The van der Waals surface area contributed by atoms with Gasteiger partial charge in [0.05, 0.1) is 41.7 Å². The van der Waals surface area contributed by atoms with Crippen molar-refractivity contribution in [2.24, 2.45) is 22.7 Å². The molecule has 4 saturated carbocycles. The van der Waals surface area contributed by atoms with Gasteiger partial charge in [-0.3, -0.25) is 0 Å². The number of carbonyl (C=O) groups excluding carboxylic acids is 1. The number of rotatable bonds is 7. The summed E-state index contributed by atoms with van der Waals surface area (Å²) in [6.07, 6.45) is -8.77. The van der Waals surface area contributed by atoms with Gasteiger partial charge < -0.3 is 69.0 Å². The maximum absolute atomic E-state index is 13.2. The molecule has 0 amide bonds. The molecule has 8 N–H and O–H groups in total. The molecular weight excluding hydrogens is 672 g/mol. The molecule has 18 atom stereocenters. The highest BCUT2D eigenvalue weighted by Gasteiger charge is 2.71. The van der Waals surface area contributed by atoms with Crippen molar-refractivity contribution in [3.8, 4) is 0 Å². The van der Waals surface area contributed by atoms with Gasteiger partial charge in [-0.1, -0.05) is 6.92 Å². The van der Waals surface area contributed by atoms with Crippen LogP contribution in [-0.4, -0.2) is 132 Å². The van der Waals surface area contributed by atoms with E-state index in [0.717, 1.165) is 11.8 Å². The minimum absolute atomic E-state index is 0.0215. The summed E-state index contributed by atoms with van der Waals surface area (Å²) in [4.78, 5) is 24.8. The Labute approximate surface area is 295 Å². The molecule has 7 rings (SSSR count). The molecule has 1 aromatic heterocycles. The van der Waals surface area contributed by atoms with Crippen LogP contribution < -0.4 is 5.63 Å². The molecule has 2 aliphatic heterocycles. The highest BCUT2D eigenvalue weighted by molar-refractivity contribution is 5.64. The number of aliphatic hydroxyl groups excluding tert-OH is 6. The Kier molecular flexibility index (Phi) is 9.89. The lowest BCUT2D eigenvalue weighted by Gasteiger charge is -2.65. The third-order valence-corrected chi connectivity index (χ3v) is 14.1. The summed E-state index contributed by atoms with van der Waals surface area (Å²) in [6.45, 7) is 2.98. The molecule has 4 aliphatic carbocycles. The molecule has 6 fully saturated rings. The normalized spacial score (nSPS) is 52.7. The van der Waals surface area contributed by atoms with E-state index in [-0.39, 0.29) is 30.6 Å². The number of hydrogen-bond acceptors (Lipinski definition) is 15. The summed E-state index contributed by atoms with van der Waals surface area (Å²) in [6, 6.07) is 3.17. The van der Waals surface area contributed by atoms with Crippen molar-refractivity contribution in [2.45, 2.75) is 156 Å². The van der Waals surface area contributed by atoms with E-state index in [0.29, 0.717) is 44.9 Å². The van der Waals surface area contributed by atoms with Gasteiger partial charge in [0, 0.05) is 17.9 Å². The van der Waals surface area contributed by atoms with Gasteiger partial charge in [-0.25, -0.2) is 4.79 Å². The topological polar surface area (TPSA) is 246 Å². The summed E-state index contributed by atoms with van der Waals surface area (Å²) in [5.41, 5.74) is -3.71. The lowest BCUT2D eigenvalue weighted by molar-refractivity contribution is -0.361. The Balaban J connectivity index is 1.03. The van der Waals surface area contributed by atoms with Crippen molar-refractivity contribution < 1.29 is 69.0 Å². The number of carbonyl (C=O) groups is 1. The molecule has 51 heavy (non-hydrogen) atoms. The maximum Gasteiger partial charge on any atom is 0.335 e. The fraction of sp³-hybridized carbons (Fsp3) is 0.833. The molecule has 0 bridgehead atoms. The first kappa shape index (κ1) is 37.5. The zero-order valence-corrected chi connectivity index (χ0v) is 28.9. The van der Waals surface area contributed by atoms with Gasteiger partial charge in [-0.2, -0.15) is 0 Å². The van der Waals surface area contributed by atoms with E-state index < -0.39 is 102 Å². The molecule has 0 spiro atoms. The smallest absolute Gasteiger partial charge is 0.335 e. The van der Waals surface area contributed by atoms with Crippen molar-refractivity contribution in [1.29, 1.82) is 0 Å². The molecule has 0 aromatic carbocycles. The van der Waals surface area contributed by atoms with Crippen LogP contribution in [0.15, 0.2) is 27.6 Å². The Morgan fingerprint density at radius 1 is 0.843 bits per heavy atom. The fourth-order valence-electron chi connectivity index (χ4n) is 11.2. The highest BCUT2D eigenvalue weighted by atomic mass is 16.7. The molecule has 0 radical (unpaired) electrons. The second-order valence-electron chi connectivity index (χ2n) is 16.3. The molecule has 15 heteroatoms. The van der Waals surface area contributed by atoms with Crippen LogP contribution in [0.2, 0.25) is 0 Å². The molecule has 1 aromatic rings. The van der Waals surface area contributed by atoms with Crippen molar-refractivity contribution in [1.82, 2.24) is 0 Å². The molecule has 15 nitrogen and oxygen atoms in total. The van der Waals surface area contributed by atoms with Crippen molar-refractivity contribution in [2.75, 3.05) is 6.61 Å². The van der Waals surface area contributed by atoms with Crippen LogP contribution in [-0.2, 0) is 23.7 Å². The SMILES string of the molecule is C[C@H]1O[C@@H](O[C@@H]2CC[C@@]3(C=O)[C@@H]4CC[C@@]5(C)[C@@H](c6ccc(=O)oc6)CC[C@]5(O)[C@@H]4CC[C@]3(O)C2)[C@H](O)[C@H](O)[C@H]1O[C@H]1O[C@H](CO)[C@@H](O)[C@H](O)[C@H]1O. The summed E-state index contributed by atoms with van der Waals surface area (Å²) in [5, 5.41) is 87.1. The zero-order valence-electron chi connectivity index (χ0n) is 28.9. The average Bonchev–Trinajstić information content (AvgIpc) is 3.39. The minimum atomic E-state index is -1.72. The van der Waals surface area contributed by atoms with Gasteiger partial charge in [-0.05, 0) is 87.7 Å². The summed E-state index contributed by atoms with van der Waals surface area (Å²) in [7, 11) is 0. The van der Waals surface area contributed by atoms with Gasteiger partial charge >= 0.3 is 5.63 Å². The number of fused-ring (bicyclic) bond motifs is 5. The molecule has 6 aliphatic rings. The monoisotopic (exact) mass is 724 g/mol. The molecule has 0 unspecified atom stereocenters. The van der Waals surface area contributed by atoms with Crippen LogP contribution in [0.25, 0.3) is 0 Å². The first-order valence-electron chi connectivity index (χ1n) is 18.3. The Bertz CT molecular complexity index is 1470. The van der Waals surface area contributed by atoms with E-state index >= 15 is 0 Å². The number of aliphatic hydroxyl groups is 8. The van der Waals surface area contributed by atoms with Crippen LogP contribution in [0.4, 0.5) is 0 Å². The molecular formula is C36H52O15. The predicted octanol–water partition coefficient (Wildman–Crippen LogP) is -0.788. The van der Waals surface area contributed by atoms with Gasteiger partial charge in [0.15, 0.2) is 12.6 Å². The van der Waals surface area contributed by atoms with E-state index in [2.05, 4.69) is 6.92 Å². The predicted molar refractivity (Wildman–Crippen MR) is 173 cm³/mol. The van der Waals surface area contributed by atoms with Crippen LogP contribution >= 0.6 is 0 Å². The quantitative estimate of drug-likeness (QED) is 0.127. The zero-order chi connectivity index (χ0) is 36.7. The van der Waals surface area contributed by atoms with Gasteiger partial charge in [0.2, 0.25) is 0 Å². The molecule has 2 saturated heterocycles. The summed E-state index contributed by atoms with van der Waals surface area (Å²) >= 11 is 0. The van der Waals surface area contributed by atoms with Crippen molar-refractivity contribution in [3.05, 3.63) is 34.4 Å². The standard InChI is InChI=1S/C36H52O15/c1-17-30(51-32-28(43)26(41)25(40)23(14-37)50-32)27(42)29(44)31(48-17)49-19-5-10-34(16-38)21-6-9-33(2)20(18-3-4-24(39)47-15-18)8-12-36(33,46)22(21)7-11-35(34,45)13-19/h3-4,15-17,19-23,25-32,37,40-46H,5-14H2,1-2H3/t17-,19-,20-,21-,22-,23-,25-,26+,27+,28-,29-,30+,31+,32-,33+,34-,35+,36+/m1/s1. The lowest BCUT2D eigenvalue weighted by atomic mass is 9.41. The van der Waals surface area contributed by atoms with Crippen LogP contribution in [0.5, 0.6) is 0 Å². The molecule has 3 heterocycles. The fourth-order valence-corrected chi connectivity index (χ4v) is 11.2. The van der Waals surface area contributed by atoms with E-state index in [1.807, 2.05) is 0 Å². The first-order valence-corrected chi connectivity index (χ1v) is 18.3. The van der Waals surface area contributed by atoms with Gasteiger partial charge in [-0.15, -0.1) is 0 Å². The third kappa shape index (κ3) is 5.70. The highest BCUT2D eigenvalue weighted by Crippen LogP contribution is 2.71. The van der Waals surface area contributed by atoms with E-state index in [1.165, 1.54) is 12.3 Å². The Hall–Kier alpha value is -1.86. The second-order valence-corrected chi connectivity index (χ2v) is 16.3. The van der Waals surface area contributed by atoms with Crippen LogP contribution in [0.3, 0.4) is 0 Å². The first-order chi connectivity index (χ1) is 24.1. The Morgan fingerprint density at radius 3 is 2.24 bits per heavy atom.